The van der Waals surface area contributed by atoms with Crippen LogP contribution in [0, 0.1) is 5.41 Å². The van der Waals surface area contributed by atoms with Gasteiger partial charge in [-0.3, -0.25) is 4.79 Å². The van der Waals surface area contributed by atoms with Gasteiger partial charge >= 0.3 is 12.3 Å². The largest absolute Gasteiger partial charge is 0.453 e. The van der Waals surface area contributed by atoms with E-state index in [0.29, 0.717) is 6.42 Å². The van der Waals surface area contributed by atoms with Crippen molar-refractivity contribution in [2.75, 3.05) is 33.3 Å². The number of nitrogens with zero attached hydrogens (tertiary/aromatic N) is 1. The van der Waals surface area contributed by atoms with E-state index in [9.17, 15) is 22.8 Å². The summed E-state index contributed by atoms with van der Waals surface area (Å²) in [5.74, 6) is -0.908. The van der Waals surface area contributed by atoms with Gasteiger partial charge in [-0.25, -0.2) is 4.79 Å². The van der Waals surface area contributed by atoms with Crippen LogP contribution in [0.4, 0.5) is 18.0 Å². The van der Waals surface area contributed by atoms with Crippen LogP contribution in [-0.2, 0) is 9.53 Å². The summed E-state index contributed by atoms with van der Waals surface area (Å²) >= 11 is 0. The van der Waals surface area contributed by atoms with E-state index in [1.807, 2.05) is 0 Å². The van der Waals surface area contributed by atoms with Gasteiger partial charge in [0.1, 0.15) is 0 Å². The maximum Gasteiger partial charge on any atom is 0.407 e. The van der Waals surface area contributed by atoms with E-state index in [-0.39, 0.29) is 38.6 Å². The number of alkyl halides is 3. The Hall–Kier alpha value is -1.51. The summed E-state index contributed by atoms with van der Waals surface area (Å²) in [4.78, 5) is 24.6. The van der Waals surface area contributed by atoms with Crippen molar-refractivity contribution < 1.29 is 27.5 Å². The van der Waals surface area contributed by atoms with Crippen LogP contribution in [-0.4, -0.2) is 62.4 Å². The van der Waals surface area contributed by atoms with Crippen molar-refractivity contribution in [3.8, 4) is 0 Å². The molecule has 2 fully saturated rings. The van der Waals surface area contributed by atoms with E-state index < -0.39 is 23.6 Å². The molecule has 0 aromatic rings. The molecule has 0 aromatic carbocycles. The number of alkyl carbamates (subject to hydrolysis) is 1. The Kier molecular flexibility index (Phi) is 4.31. The first-order valence-electron chi connectivity index (χ1n) is 6.71. The number of likely N-dealkylation sites (tertiary alicyclic amines) is 1. The second-order valence-electron chi connectivity index (χ2n) is 5.38. The molecular weight excluding hydrogens is 291 g/mol. The van der Waals surface area contributed by atoms with Gasteiger partial charge in [-0.2, -0.15) is 13.2 Å². The minimum absolute atomic E-state index is 0.0752. The lowest BCUT2D eigenvalue weighted by Gasteiger charge is -2.33. The zero-order chi connectivity index (χ0) is 15.7. The van der Waals surface area contributed by atoms with Crippen LogP contribution in [0.3, 0.4) is 0 Å². The third-order valence-corrected chi connectivity index (χ3v) is 4.09. The highest BCUT2D eigenvalue weighted by Gasteiger charge is 2.62. The van der Waals surface area contributed by atoms with E-state index in [0.717, 1.165) is 0 Å². The van der Waals surface area contributed by atoms with Crippen LogP contribution in [0.1, 0.15) is 12.8 Å². The Morgan fingerprint density at radius 1 is 1.43 bits per heavy atom. The van der Waals surface area contributed by atoms with Crippen LogP contribution in [0.25, 0.3) is 0 Å². The molecule has 0 saturated carbocycles. The number of rotatable bonds is 2. The maximum atomic E-state index is 13.3. The van der Waals surface area contributed by atoms with Crippen LogP contribution in [0.2, 0.25) is 0 Å². The number of ether oxygens (including phenoxy) is 1. The number of halogens is 3. The van der Waals surface area contributed by atoms with Crippen molar-refractivity contribution >= 4 is 12.0 Å². The molecule has 0 aliphatic carbocycles. The lowest BCUT2D eigenvalue weighted by Crippen LogP contribution is -2.53. The van der Waals surface area contributed by atoms with Crippen molar-refractivity contribution in [2.24, 2.45) is 5.41 Å². The van der Waals surface area contributed by atoms with Gasteiger partial charge < -0.3 is 20.3 Å². The second-order valence-corrected chi connectivity index (χ2v) is 5.38. The SMILES string of the molecule is COC(=O)NC1CCN(C(=O)C2(C(F)(F)F)CCNC2)C1. The van der Waals surface area contributed by atoms with Gasteiger partial charge in [-0.1, -0.05) is 0 Å². The molecule has 2 amide bonds. The number of carbonyl (C=O) groups is 2. The number of amides is 2. The predicted octanol–water partition coefficient (Wildman–Crippen LogP) is 0.485. The molecule has 0 spiro atoms. The zero-order valence-electron chi connectivity index (χ0n) is 11.6. The fraction of sp³-hybridized carbons (Fsp3) is 0.833. The van der Waals surface area contributed by atoms with Crippen molar-refractivity contribution in [1.82, 2.24) is 15.5 Å². The summed E-state index contributed by atoms with van der Waals surface area (Å²) in [6.07, 6.45) is -5.06. The first kappa shape index (κ1) is 15.9. The van der Waals surface area contributed by atoms with E-state index in [4.69, 9.17) is 0 Å². The van der Waals surface area contributed by atoms with Crippen LogP contribution in [0.15, 0.2) is 0 Å². The van der Waals surface area contributed by atoms with Gasteiger partial charge in [0.2, 0.25) is 5.91 Å². The van der Waals surface area contributed by atoms with Gasteiger partial charge in [0, 0.05) is 19.6 Å². The molecule has 2 N–H and O–H groups in total. The summed E-state index contributed by atoms with van der Waals surface area (Å²) in [6.45, 7) is 0.0565. The van der Waals surface area contributed by atoms with Gasteiger partial charge in [-0.15, -0.1) is 0 Å². The Morgan fingerprint density at radius 2 is 2.14 bits per heavy atom. The molecule has 21 heavy (non-hydrogen) atoms. The number of hydrogen-bond acceptors (Lipinski definition) is 4. The minimum Gasteiger partial charge on any atom is -0.453 e. The Morgan fingerprint density at radius 3 is 2.67 bits per heavy atom. The van der Waals surface area contributed by atoms with Gasteiger partial charge in [-0.05, 0) is 19.4 Å². The van der Waals surface area contributed by atoms with E-state index >= 15 is 0 Å². The molecule has 0 radical (unpaired) electrons. The third kappa shape index (κ3) is 2.92. The van der Waals surface area contributed by atoms with Gasteiger partial charge in [0.05, 0.1) is 13.2 Å². The smallest absolute Gasteiger partial charge is 0.407 e. The Bertz CT molecular complexity index is 422. The Balaban J connectivity index is 2.05. The van der Waals surface area contributed by atoms with E-state index in [2.05, 4.69) is 15.4 Å². The molecule has 2 unspecified atom stereocenters. The fourth-order valence-electron chi connectivity index (χ4n) is 2.83. The molecule has 2 heterocycles. The monoisotopic (exact) mass is 309 g/mol. The number of nitrogens with one attached hydrogen (secondary N) is 2. The number of carbonyl (C=O) groups excluding carboxylic acids is 2. The molecular formula is C12H18F3N3O3. The molecule has 2 saturated heterocycles. The quantitative estimate of drug-likeness (QED) is 0.779. The van der Waals surface area contributed by atoms with Gasteiger partial charge in [0.15, 0.2) is 5.41 Å². The molecule has 0 aromatic heterocycles. The lowest BCUT2D eigenvalue weighted by atomic mass is 9.84. The third-order valence-electron chi connectivity index (χ3n) is 4.09. The Labute approximate surface area is 120 Å². The van der Waals surface area contributed by atoms with E-state index in [1.165, 1.54) is 12.0 Å². The normalized spacial score (nSPS) is 29.5. The standard InChI is InChI=1S/C12H18F3N3O3/c1-21-10(20)17-8-2-5-18(6-8)9(19)11(12(13,14)15)3-4-16-7-11/h8,16H,2-7H2,1H3,(H,17,20). The zero-order valence-corrected chi connectivity index (χ0v) is 11.6. The molecule has 9 heteroatoms. The van der Waals surface area contributed by atoms with Crippen LogP contribution in [0.5, 0.6) is 0 Å². The summed E-state index contributed by atoms with van der Waals surface area (Å²) in [6, 6.07) is -0.374. The highest BCUT2D eigenvalue weighted by molar-refractivity contribution is 5.84. The van der Waals surface area contributed by atoms with Crippen LogP contribution < -0.4 is 10.6 Å². The molecule has 2 atom stereocenters. The lowest BCUT2D eigenvalue weighted by molar-refractivity contribution is -0.221. The number of hydrogen-bond donors (Lipinski definition) is 2. The average molecular weight is 309 g/mol. The predicted molar refractivity (Wildman–Crippen MR) is 66.5 cm³/mol. The summed E-state index contributed by atoms with van der Waals surface area (Å²) in [5.41, 5.74) is -2.34. The molecule has 0 bridgehead atoms. The maximum absolute atomic E-state index is 13.3. The minimum atomic E-state index is -4.58. The fourth-order valence-corrected chi connectivity index (χ4v) is 2.83. The summed E-state index contributed by atoms with van der Waals surface area (Å²) in [7, 11) is 1.20. The molecule has 6 nitrogen and oxygen atoms in total. The van der Waals surface area contributed by atoms with Gasteiger partial charge in [0.25, 0.3) is 0 Å². The van der Waals surface area contributed by atoms with Crippen molar-refractivity contribution in [2.45, 2.75) is 25.1 Å². The second kappa shape index (κ2) is 5.70. The average Bonchev–Trinajstić information content (AvgIpc) is 3.06. The highest BCUT2D eigenvalue weighted by atomic mass is 19.4. The summed E-state index contributed by atoms with van der Waals surface area (Å²) < 4.78 is 44.4. The first-order valence-corrected chi connectivity index (χ1v) is 6.71. The van der Waals surface area contributed by atoms with Crippen molar-refractivity contribution in [3.63, 3.8) is 0 Å². The highest BCUT2D eigenvalue weighted by Crippen LogP contribution is 2.44. The van der Waals surface area contributed by atoms with Crippen molar-refractivity contribution in [1.29, 1.82) is 0 Å². The topological polar surface area (TPSA) is 70.7 Å². The molecule has 120 valence electrons. The van der Waals surface area contributed by atoms with Crippen molar-refractivity contribution in [3.05, 3.63) is 0 Å². The molecule has 2 aliphatic rings. The first-order chi connectivity index (χ1) is 9.80. The molecule has 2 aliphatic heterocycles. The summed E-state index contributed by atoms with van der Waals surface area (Å²) in [5, 5.41) is 5.12. The van der Waals surface area contributed by atoms with E-state index in [1.54, 1.807) is 0 Å². The number of methoxy groups -OCH3 is 1. The molecule has 2 rings (SSSR count). The van der Waals surface area contributed by atoms with Crippen LogP contribution >= 0.6 is 0 Å².